The summed E-state index contributed by atoms with van der Waals surface area (Å²) in [5, 5.41) is 18.6. The van der Waals surface area contributed by atoms with Gasteiger partial charge in [-0.2, -0.15) is 0 Å². The fraction of sp³-hybridized carbons (Fsp3) is 0.294. The smallest absolute Gasteiger partial charge is 0.455 e. The van der Waals surface area contributed by atoms with Gasteiger partial charge < -0.3 is 14.8 Å². The van der Waals surface area contributed by atoms with Gasteiger partial charge in [-0.05, 0) is 53.9 Å². The molecule has 1 aliphatic rings. The van der Waals surface area contributed by atoms with Crippen LogP contribution in [0.15, 0.2) is 48.5 Å². The molecule has 2 aromatic rings. The molecule has 108 valence electrons. The zero-order chi connectivity index (χ0) is 14.7. The van der Waals surface area contributed by atoms with Crippen LogP contribution in [-0.4, -0.2) is 17.2 Å². The summed E-state index contributed by atoms with van der Waals surface area (Å²) in [7, 11) is -1.22. The van der Waals surface area contributed by atoms with Gasteiger partial charge in [0.05, 0.1) is 0 Å². The minimum absolute atomic E-state index is 0.0476. The molecule has 1 unspecified atom stereocenters. The number of hydrogen-bond donors (Lipinski definition) is 2. The van der Waals surface area contributed by atoms with E-state index < -0.39 is 7.12 Å². The van der Waals surface area contributed by atoms with Crippen molar-refractivity contribution in [3.8, 4) is 5.75 Å². The van der Waals surface area contributed by atoms with Crippen LogP contribution in [0, 0.1) is 0 Å². The summed E-state index contributed by atoms with van der Waals surface area (Å²) in [4.78, 5) is 0. The Morgan fingerprint density at radius 2 is 1.86 bits per heavy atom. The third kappa shape index (κ3) is 3.46. The molecule has 0 aliphatic heterocycles. The van der Waals surface area contributed by atoms with Crippen LogP contribution < -0.4 is 4.74 Å². The number of benzene rings is 2. The van der Waals surface area contributed by atoms with Crippen LogP contribution in [0.3, 0.4) is 0 Å². The summed E-state index contributed by atoms with van der Waals surface area (Å²) in [6.45, 7) is 0.567. The largest absolute Gasteiger partial charge is 0.489 e. The predicted molar refractivity (Wildman–Crippen MR) is 83.2 cm³/mol. The summed E-state index contributed by atoms with van der Waals surface area (Å²) in [5.74, 6) is 0.828. The van der Waals surface area contributed by atoms with Crippen LogP contribution in [0.5, 0.6) is 5.75 Å². The highest BCUT2D eigenvalue weighted by molar-refractivity contribution is 6.43. The van der Waals surface area contributed by atoms with Crippen LogP contribution in [-0.2, 0) is 19.4 Å². The second-order valence-corrected chi connectivity index (χ2v) is 5.62. The molecular weight excluding hydrogens is 263 g/mol. The Labute approximate surface area is 125 Å². The van der Waals surface area contributed by atoms with Crippen molar-refractivity contribution in [1.29, 1.82) is 0 Å². The second-order valence-electron chi connectivity index (χ2n) is 5.62. The SMILES string of the molecule is OB(O)C1CCc2cc(OCc3ccccc3)ccc2C1. The lowest BCUT2D eigenvalue weighted by atomic mass is 9.64. The highest BCUT2D eigenvalue weighted by Crippen LogP contribution is 2.32. The van der Waals surface area contributed by atoms with E-state index in [-0.39, 0.29) is 5.82 Å². The number of hydrogen-bond acceptors (Lipinski definition) is 3. The first-order valence-corrected chi connectivity index (χ1v) is 7.37. The van der Waals surface area contributed by atoms with Crippen molar-refractivity contribution in [2.45, 2.75) is 31.7 Å². The second kappa shape index (κ2) is 6.33. The van der Waals surface area contributed by atoms with Gasteiger partial charge in [0, 0.05) is 0 Å². The van der Waals surface area contributed by atoms with Crippen molar-refractivity contribution in [3.05, 3.63) is 65.2 Å². The van der Waals surface area contributed by atoms with Gasteiger partial charge in [-0.15, -0.1) is 0 Å². The number of ether oxygens (including phenoxy) is 1. The first-order chi connectivity index (χ1) is 10.2. The summed E-state index contributed by atoms with van der Waals surface area (Å²) in [5.41, 5.74) is 3.61. The molecule has 0 fully saturated rings. The van der Waals surface area contributed by atoms with E-state index in [0.717, 1.165) is 30.6 Å². The first-order valence-electron chi connectivity index (χ1n) is 7.37. The molecule has 2 aromatic carbocycles. The average Bonchev–Trinajstić information content (AvgIpc) is 2.53. The minimum Gasteiger partial charge on any atom is -0.489 e. The summed E-state index contributed by atoms with van der Waals surface area (Å²) >= 11 is 0. The fourth-order valence-corrected chi connectivity index (χ4v) is 2.84. The summed E-state index contributed by atoms with van der Waals surface area (Å²) in [6, 6.07) is 16.2. The standard InChI is InChI=1S/C17H19BO3/c19-18(20)16-8-6-15-11-17(9-7-14(15)10-16)21-12-13-4-2-1-3-5-13/h1-5,7,9,11,16,19-20H,6,8,10,12H2. The van der Waals surface area contributed by atoms with Crippen molar-refractivity contribution in [2.24, 2.45) is 0 Å². The third-order valence-electron chi connectivity index (χ3n) is 4.11. The third-order valence-corrected chi connectivity index (χ3v) is 4.11. The van der Waals surface area contributed by atoms with E-state index in [1.807, 2.05) is 42.5 Å². The molecule has 0 bridgehead atoms. The molecular formula is C17H19BO3. The topological polar surface area (TPSA) is 49.7 Å². The Bertz CT molecular complexity index is 598. The Kier molecular flexibility index (Phi) is 4.27. The molecule has 0 amide bonds. The van der Waals surface area contributed by atoms with Crippen LogP contribution >= 0.6 is 0 Å². The van der Waals surface area contributed by atoms with E-state index in [2.05, 4.69) is 6.07 Å². The maximum Gasteiger partial charge on any atom is 0.455 e. The van der Waals surface area contributed by atoms with Gasteiger partial charge in [-0.1, -0.05) is 36.4 Å². The quantitative estimate of drug-likeness (QED) is 0.847. The van der Waals surface area contributed by atoms with E-state index in [9.17, 15) is 10.0 Å². The molecule has 3 rings (SSSR count). The lowest BCUT2D eigenvalue weighted by molar-refractivity contribution is 0.305. The zero-order valence-corrected chi connectivity index (χ0v) is 11.9. The molecule has 3 nitrogen and oxygen atoms in total. The lowest BCUT2D eigenvalue weighted by Crippen LogP contribution is -2.25. The fourth-order valence-electron chi connectivity index (χ4n) is 2.84. The van der Waals surface area contributed by atoms with Crippen molar-refractivity contribution < 1.29 is 14.8 Å². The van der Waals surface area contributed by atoms with Crippen molar-refractivity contribution in [2.75, 3.05) is 0 Å². The normalized spacial score (nSPS) is 17.1. The number of fused-ring (bicyclic) bond motifs is 1. The maximum atomic E-state index is 9.30. The van der Waals surface area contributed by atoms with Crippen LogP contribution in [0.25, 0.3) is 0 Å². The van der Waals surface area contributed by atoms with Crippen LogP contribution in [0.1, 0.15) is 23.1 Å². The summed E-state index contributed by atoms with van der Waals surface area (Å²) in [6.07, 6.45) is 2.42. The molecule has 0 aromatic heterocycles. The molecule has 4 heteroatoms. The van der Waals surface area contributed by atoms with Gasteiger partial charge in [0.2, 0.25) is 0 Å². The first kappa shape index (κ1) is 14.2. The molecule has 1 aliphatic carbocycles. The number of rotatable bonds is 4. The highest BCUT2D eigenvalue weighted by atomic mass is 16.5. The van der Waals surface area contributed by atoms with Gasteiger partial charge in [0.15, 0.2) is 0 Å². The molecule has 21 heavy (non-hydrogen) atoms. The van der Waals surface area contributed by atoms with E-state index in [4.69, 9.17) is 4.74 Å². The van der Waals surface area contributed by atoms with Crippen molar-refractivity contribution in [1.82, 2.24) is 0 Å². The van der Waals surface area contributed by atoms with E-state index in [1.165, 1.54) is 11.1 Å². The van der Waals surface area contributed by atoms with Crippen molar-refractivity contribution in [3.63, 3.8) is 0 Å². The van der Waals surface area contributed by atoms with Gasteiger partial charge in [0.1, 0.15) is 12.4 Å². The molecule has 1 atom stereocenters. The molecule has 0 heterocycles. The monoisotopic (exact) mass is 282 g/mol. The Morgan fingerprint density at radius 3 is 2.62 bits per heavy atom. The average molecular weight is 282 g/mol. The lowest BCUT2D eigenvalue weighted by Gasteiger charge is -2.24. The maximum absolute atomic E-state index is 9.30. The Hall–Kier alpha value is -1.78. The predicted octanol–water partition coefficient (Wildman–Crippen LogP) is 2.60. The number of aryl methyl sites for hydroxylation is 1. The highest BCUT2D eigenvalue weighted by Gasteiger charge is 2.27. The van der Waals surface area contributed by atoms with E-state index in [1.54, 1.807) is 0 Å². The Balaban J connectivity index is 1.67. The Morgan fingerprint density at radius 1 is 1.05 bits per heavy atom. The van der Waals surface area contributed by atoms with Gasteiger partial charge in [-0.25, -0.2) is 0 Å². The van der Waals surface area contributed by atoms with Gasteiger partial charge in [0.25, 0.3) is 0 Å². The van der Waals surface area contributed by atoms with E-state index >= 15 is 0 Å². The van der Waals surface area contributed by atoms with Crippen molar-refractivity contribution >= 4 is 7.12 Å². The molecule has 0 spiro atoms. The van der Waals surface area contributed by atoms with Gasteiger partial charge in [-0.3, -0.25) is 0 Å². The molecule has 0 radical (unpaired) electrons. The van der Waals surface area contributed by atoms with Crippen LogP contribution in [0.2, 0.25) is 5.82 Å². The molecule has 0 saturated carbocycles. The molecule has 2 N–H and O–H groups in total. The molecule has 0 saturated heterocycles. The minimum atomic E-state index is -1.22. The van der Waals surface area contributed by atoms with Gasteiger partial charge >= 0.3 is 7.12 Å². The van der Waals surface area contributed by atoms with Crippen LogP contribution in [0.4, 0.5) is 0 Å². The summed E-state index contributed by atoms with van der Waals surface area (Å²) < 4.78 is 5.83. The van der Waals surface area contributed by atoms with E-state index in [0.29, 0.717) is 6.61 Å². The zero-order valence-electron chi connectivity index (χ0n) is 11.9.